The fraction of sp³-hybridized carbons (Fsp3) is 1.00. The standard InChI is InChI=1S/C9H17NO/c1-2-3-9-8-5-10-4-7(8)6-11-9/h7-10H,2-6H2,1H3. The van der Waals surface area contributed by atoms with Gasteiger partial charge in [0.1, 0.15) is 0 Å². The van der Waals surface area contributed by atoms with Crippen molar-refractivity contribution in [3.63, 3.8) is 0 Å². The van der Waals surface area contributed by atoms with Crippen molar-refractivity contribution in [3.8, 4) is 0 Å². The van der Waals surface area contributed by atoms with Crippen LogP contribution in [0.25, 0.3) is 0 Å². The largest absolute Gasteiger partial charge is 0.378 e. The lowest BCUT2D eigenvalue weighted by molar-refractivity contribution is 0.0803. The third-order valence-corrected chi connectivity index (χ3v) is 2.97. The molecule has 64 valence electrons. The second-order valence-electron chi connectivity index (χ2n) is 3.74. The number of hydrogen-bond donors (Lipinski definition) is 1. The summed E-state index contributed by atoms with van der Waals surface area (Å²) in [6.07, 6.45) is 3.08. The molecule has 2 heterocycles. The predicted molar refractivity (Wildman–Crippen MR) is 44.5 cm³/mol. The van der Waals surface area contributed by atoms with E-state index >= 15 is 0 Å². The van der Waals surface area contributed by atoms with Gasteiger partial charge in [-0.25, -0.2) is 0 Å². The molecule has 0 aromatic carbocycles. The Morgan fingerprint density at radius 3 is 3.18 bits per heavy atom. The zero-order valence-electron chi connectivity index (χ0n) is 7.18. The first-order chi connectivity index (χ1) is 5.42. The summed E-state index contributed by atoms with van der Waals surface area (Å²) in [5.41, 5.74) is 0. The molecule has 0 saturated carbocycles. The van der Waals surface area contributed by atoms with Gasteiger partial charge < -0.3 is 10.1 Å². The Labute approximate surface area is 68.3 Å². The maximum atomic E-state index is 5.72. The van der Waals surface area contributed by atoms with E-state index in [0.29, 0.717) is 6.10 Å². The highest BCUT2D eigenvalue weighted by molar-refractivity contribution is 4.90. The molecule has 2 rings (SSSR count). The first-order valence-electron chi connectivity index (χ1n) is 4.74. The number of rotatable bonds is 2. The van der Waals surface area contributed by atoms with E-state index in [-0.39, 0.29) is 0 Å². The van der Waals surface area contributed by atoms with Crippen LogP contribution in [0.2, 0.25) is 0 Å². The van der Waals surface area contributed by atoms with Gasteiger partial charge in [0.2, 0.25) is 0 Å². The van der Waals surface area contributed by atoms with Crippen LogP contribution in [0.5, 0.6) is 0 Å². The third kappa shape index (κ3) is 1.30. The van der Waals surface area contributed by atoms with Crippen molar-refractivity contribution >= 4 is 0 Å². The molecule has 0 spiro atoms. The molecule has 0 aliphatic carbocycles. The Bertz CT molecular complexity index is 136. The van der Waals surface area contributed by atoms with E-state index in [1.54, 1.807) is 0 Å². The molecule has 2 fully saturated rings. The van der Waals surface area contributed by atoms with Crippen LogP contribution in [-0.2, 0) is 4.74 Å². The van der Waals surface area contributed by atoms with E-state index in [9.17, 15) is 0 Å². The molecule has 0 aromatic heterocycles. The van der Waals surface area contributed by atoms with E-state index in [2.05, 4.69) is 12.2 Å². The van der Waals surface area contributed by atoms with Crippen molar-refractivity contribution < 1.29 is 4.74 Å². The van der Waals surface area contributed by atoms with E-state index in [1.165, 1.54) is 25.9 Å². The SMILES string of the molecule is CCCC1OCC2CNCC21. The van der Waals surface area contributed by atoms with Crippen LogP contribution in [-0.4, -0.2) is 25.8 Å². The maximum Gasteiger partial charge on any atom is 0.0619 e. The Kier molecular flexibility index (Phi) is 2.14. The zero-order chi connectivity index (χ0) is 7.68. The molecule has 2 nitrogen and oxygen atoms in total. The van der Waals surface area contributed by atoms with E-state index in [1.807, 2.05) is 0 Å². The second-order valence-corrected chi connectivity index (χ2v) is 3.74. The van der Waals surface area contributed by atoms with E-state index in [0.717, 1.165) is 18.4 Å². The van der Waals surface area contributed by atoms with Crippen LogP contribution in [0.3, 0.4) is 0 Å². The lowest BCUT2D eigenvalue weighted by atomic mass is 9.92. The fourth-order valence-electron chi connectivity index (χ4n) is 2.32. The molecule has 0 radical (unpaired) electrons. The van der Waals surface area contributed by atoms with Crippen molar-refractivity contribution in [2.24, 2.45) is 11.8 Å². The highest BCUT2D eigenvalue weighted by Gasteiger charge is 2.39. The number of fused-ring (bicyclic) bond motifs is 1. The minimum absolute atomic E-state index is 0.569. The summed E-state index contributed by atoms with van der Waals surface area (Å²) in [6, 6.07) is 0. The third-order valence-electron chi connectivity index (χ3n) is 2.97. The van der Waals surface area contributed by atoms with Crippen LogP contribution < -0.4 is 5.32 Å². The van der Waals surface area contributed by atoms with E-state index < -0.39 is 0 Å². The summed E-state index contributed by atoms with van der Waals surface area (Å²) >= 11 is 0. The summed E-state index contributed by atoms with van der Waals surface area (Å²) in [7, 11) is 0. The van der Waals surface area contributed by atoms with Gasteiger partial charge in [-0.1, -0.05) is 13.3 Å². The molecule has 2 saturated heterocycles. The minimum atomic E-state index is 0.569. The van der Waals surface area contributed by atoms with Gasteiger partial charge in [0.15, 0.2) is 0 Å². The molecule has 0 amide bonds. The molecule has 0 bridgehead atoms. The number of ether oxygens (including phenoxy) is 1. The number of hydrogen-bond acceptors (Lipinski definition) is 2. The van der Waals surface area contributed by atoms with Crippen molar-refractivity contribution in [1.29, 1.82) is 0 Å². The molecule has 11 heavy (non-hydrogen) atoms. The fourth-order valence-corrected chi connectivity index (χ4v) is 2.32. The van der Waals surface area contributed by atoms with Gasteiger partial charge in [-0.3, -0.25) is 0 Å². The summed E-state index contributed by atoms with van der Waals surface area (Å²) in [5.74, 6) is 1.65. The second kappa shape index (κ2) is 3.11. The van der Waals surface area contributed by atoms with Crippen molar-refractivity contribution in [3.05, 3.63) is 0 Å². The molecule has 2 heteroatoms. The normalized spacial score (nSPS) is 42.8. The topological polar surface area (TPSA) is 21.3 Å². The van der Waals surface area contributed by atoms with Crippen LogP contribution >= 0.6 is 0 Å². The molecule has 3 atom stereocenters. The summed E-state index contributed by atoms with van der Waals surface area (Å²) < 4.78 is 5.72. The molecule has 3 unspecified atom stereocenters. The van der Waals surface area contributed by atoms with E-state index in [4.69, 9.17) is 4.74 Å². The van der Waals surface area contributed by atoms with Crippen LogP contribution in [0.4, 0.5) is 0 Å². The molecule has 0 aromatic rings. The number of nitrogens with one attached hydrogen (secondary N) is 1. The highest BCUT2D eigenvalue weighted by atomic mass is 16.5. The Balaban J connectivity index is 1.92. The first-order valence-corrected chi connectivity index (χ1v) is 4.74. The van der Waals surface area contributed by atoms with Crippen molar-refractivity contribution in [2.45, 2.75) is 25.9 Å². The van der Waals surface area contributed by atoms with Crippen molar-refractivity contribution in [1.82, 2.24) is 5.32 Å². The van der Waals surface area contributed by atoms with Crippen LogP contribution in [0.1, 0.15) is 19.8 Å². The molecule has 2 aliphatic rings. The van der Waals surface area contributed by atoms with Gasteiger partial charge >= 0.3 is 0 Å². The zero-order valence-corrected chi connectivity index (χ0v) is 7.18. The quantitative estimate of drug-likeness (QED) is 0.643. The van der Waals surface area contributed by atoms with Gasteiger partial charge in [-0.05, 0) is 6.42 Å². The lowest BCUT2D eigenvalue weighted by Gasteiger charge is -2.14. The Hall–Kier alpha value is -0.0800. The Morgan fingerprint density at radius 1 is 1.45 bits per heavy atom. The first kappa shape index (κ1) is 7.56. The lowest BCUT2D eigenvalue weighted by Crippen LogP contribution is -2.21. The molecular formula is C9H17NO. The average molecular weight is 155 g/mol. The minimum Gasteiger partial charge on any atom is -0.378 e. The average Bonchev–Trinajstić information content (AvgIpc) is 2.53. The monoisotopic (exact) mass is 155 g/mol. The summed E-state index contributed by atoms with van der Waals surface area (Å²) in [6.45, 7) is 5.61. The smallest absolute Gasteiger partial charge is 0.0619 e. The van der Waals surface area contributed by atoms with Gasteiger partial charge in [-0.2, -0.15) is 0 Å². The van der Waals surface area contributed by atoms with Crippen molar-refractivity contribution in [2.75, 3.05) is 19.7 Å². The molecule has 1 N–H and O–H groups in total. The summed E-state index contributed by atoms with van der Waals surface area (Å²) in [4.78, 5) is 0. The van der Waals surface area contributed by atoms with Gasteiger partial charge in [-0.15, -0.1) is 0 Å². The Morgan fingerprint density at radius 2 is 2.36 bits per heavy atom. The van der Waals surface area contributed by atoms with Crippen LogP contribution in [0, 0.1) is 11.8 Å². The molecule has 2 aliphatic heterocycles. The summed E-state index contributed by atoms with van der Waals surface area (Å²) in [5, 5.41) is 3.43. The van der Waals surface area contributed by atoms with Gasteiger partial charge in [0.05, 0.1) is 12.7 Å². The van der Waals surface area contributed by atoms with Gasteiger partial charge in [0, 0.05) is 24.9 Å². The molecular weight excluding hydrogens is 138 g/mol. The van der Waals surface area contributed by atoms with Gasteiger partial charge in [0.25, 0.3) is 0 Å². The maximum absolute atomic E-state index is 5.72. The highest BCUT2D eigenvalue weighted by Crippen LogP contribution is 2.31. The predicted octanol–water partition coefficient (Wildman–Crippen LogP) is 1.02. The van der Waals surface area contributed by atoms with Crippen LogP contribution in [0.15, 0.2) is 0 Å².